The molecule has 4 rings (SSSR count). The number of fused-ring (bicyclic) bond motifs is 1. The van der Waals surface area contributed by atoms with Gasteiger partial charge in [-0.15, -0.1) is 0 Å². The summed E-state index contributed by atoms with van der Waals surface area (Å²) in [4.78, 5) is 25.5. The van der Waals surface area contributed by atoms with E-state index in [2.05, 4.69) is 0 Å². The zero-order valence-electron chi connectivity index (χ0n) is 17.0. The highest BCUT2D eigenvalue weighted by atomic mass is 35.5. The van der Waals surface area contributed by atoms with Crippen LogP contribution in [0.15, 0.2) is 60.4 Å². The number of allylic oxidation sites excluding steroid dienone is 1. The Morgan fingerprint density at radius 3 is 2.34 bits per heavy atom. The van der Waals surface area contributed by atoms with Crippen LogP contribution in [0, 0.1) is 0 Å². The zero-order chi connectivity index (χ0) is 22.8. The summed E-state index contributed by atoms with van der Waals surface area (Å²) in [6, 6.07) is 14.5. The maximum atomic E-state index is 12.8. The van der Waals surface area contributed by atoms with E-state index in [0.717, 1.165) is 0 Å². The van der Waals surface area contributed by atoms with Crippen LogP contribution in [-0.4, -0.2) is 26.0 Å². The van der Waals surface area contributed by atoms with Crippen molar-refractivity contribution in [2.24, 2.45) is 0 Å². The van der Waals surface area contributed by atoms with Crippen LogP contribution in [0.2, 0.25) is 10.0 Å². The van der Waals surface area contributed by atoms with Gasteiger partial charge in [0.2, 0.25) is 5.78 Å². The van der Waals surface area contributed by atoms with Crippen LogP contribution < -0.4 is 18.9 Å². The van der Waals surface area contributed by atoms with Gasteiger partial charge in [0.1, 0.15) is 28.6 Å². The molecule has 0 fully saturated rings. The van der Waals surface area contributed by atoms with Gasteiger partial charge in [-0.1, -0.05) is 41.4 Å². The lowest BCUT2D eigenvalue weighted by atomic mass is 10.1. The predicted molar refractivity (Wildman–Crippen MR) is 120 cm³/mol. The first kappa shape index (κ1) is 21.7. The van der Waals surface area contributed by atoms with Crippen LogP contribution in [0.3, 0.4) is 0 Å². The second-order valence-corrected chi connectivity index (χ2v) is 7.45. The van der Waals surface area contributed by atoms with Crippen LogP contribution in [0.5, 0.6) is 23.0 Å². The van der Waals surface area contributed by atoms with E-state index in [4.69, 9.17) is 42.1 Å². The van der Waals surface area contributed by atoms with Gasteiger partial charge in [0.15, 0.2) is 5.76 Å². The Bertz CT molecular complexity index is 1240. The third-order valence-corrected chi connectivity index (χ3v) is 5.59. The largest absolute Gasteiger partial charge is 0.496 e. The van der Waals surface area contributed by atoms with E-state index >= 15 is 0 Å². The Hall–Kier alpha value is -3.48. The molecule has 0 aromatic heterocycles. The molecule has 0 unspecified atom stereocenters. The number of methoxy groups -OCH3 is 2. The molecule has 8 heteroatoms. The molecule has 0 amide bonds. The molecule has 3 aromatic carbocycles. The van der Waals surface area contributed by atoms with E-state index in [9.17, 15) is 9.59 Å². The first-order chi connectivity index (χ1) is 15.4. The second kappa shape index (κ2) is 8.94. The number of carbonyl (C=O) groups is 2. The number of hydrogen-bond donors (Lipinski definition) is 0. The number of benzene rings is 3. The molecular formula is C24H16Cl2O6. The summed E-state index contributed by atoms with van der Waals surface area (Å²) < 4.78 is 21.7. The molecule has 0 bridgehead atoms. The number of esters is 1. The maximum absolute atomic E-state index is 12.8. The summed E-state index contributed by atoms with van der Waals surface area (Å²) >= 11 is 12.2. The van der Waals surface area contributed by atoms with Crippen molar-refractivity contribution in [3.63, 3.8) is 0 Å². The monoisotopic (exact) mass is 470 g/mol. The Kier molecular flexibility index (Phi) is 6.08. The van der Waals surface area contributed by atoms with E-state index in [1.54, 1.807) is 36.4 Å². The summed E-state index contributed by atoms with van der Waals surface area (Å²) in [5, 5.41) is 0.680. The van der Waals surface area contributed by atoms with Gasteiger partial charge in [0.25, 0.3) is 0 Å². The lowest BCUT2D eigenvalue weighted by Crippen LogP contribution is -2.12. The third kappa shape index (κ3) is 4.02. The normalized spacial score (nSPS) is 13.5. The summed E-state index contributed by atoms with van der Waals surface area (Å²) in [5.74, 6) is 0.161. The van der Waals surface area contributed by atoms with Gasteiger partial charge in [-0.2, -0.15) is 0 Å². The zero-order valence-corrected chi connectivity index (χ0v) is 18.5. The average Bonchev–Trinajstić information content (AvgIpc) is 3.10. The molecule has 32 heavy (non-hydrogen) atoms. The van der Waals surface area contributed by atoms with Crippen molar-refractivity contribution >= 4 is 41.0 Å². The summed E-state index contributed by atoms with van der Waals surface area (Å²) in [5.41, 5.74) is 1.03. The SMILES string of the molecule is COc1cccc(OC)c1C(=O)Oc1ccc2c(c1)O/C(=C\c1cccc(Cl)c1Cl)C2=O. The standard InChI is InChI=1S/C24H16Cl2O6/c1-29-17-7-4-8-18(30-2)21(17)24(28)31-14-9-10-15-19(12-14)32-20(23(15)27)11-13-5-3-6-16(25)22(13)26/h3-12H,1-2H3/b20-11-. The van der Waals surface area contributed by atoms with Gasteiger partial charge >= 0.3 is 5.97 Å². The lowest BCUT2D eigenvalue weighted by Gasteiger charge is -2.12. The van der Waals surface area contributed by atoms with Crippen molar-refractivity contribution in [2.45, 2.75) is 0 Å². The molecule has 0 atom stereocenters. The molecule has 0 N–H and O–H groups in total. The van der Waals surface area contributed by atoms with Crippen molar-refractivity contribution in [3.8, 4) is 23.0 Å². The van der Waals surface area contributed by atoms with Crippen LogP contribution >= 0.6 is 23.2 Å². The molecule has 0 spiro atoms. The number of halogens is 2. The highest BCUT2D eigenvalue weighted by Crippen LogP contribution is 2.37. The van der Waals surface area contributed by atoms with Crippen molar-refractivity contribution in [1.29, 1.82) is 0 Å². The number of ketones is 1. The molecule has 3 aromatic rings. The molecule has 1 aliphatic heterocycles. The number of ether oxygens (including phenoxy) is 4. The van der Waals surface area contributed by atoms with Crippen LogP contribution in [0.25, 0.3) is 6.08 Å². The van der Waals surface area contributed by atoms with Crippen molar-refractivity contribution in [2.75, 3.05) is 14.2 Å². The van der Waals surface area contributed by atoms with Gasteiger partial charge in [-0.25, -0.2) is 4.79 Å². The average molecular weight is 471 g/mol. The summed E-state index contributed by atoms with van der Waals surface area (Å²) in [6.45, 7) is 0. The quantitative estimate of drug-likeness (QED) is 0.264. The lowest BCUT2D eigenvalue weighted by molar-refractivity contribution is 0.0727. The first-order valence-electron chi connectivity index (χ1n) is 9.38. The molecule has 1 aliphatic rings. The third-order valence-electron chi connectivity index (χ3n) is 4.75. The Morgan fingerprint density at radius 1 is 0.969 bits per heavy atom. The molecule has 0 radical (unpaired) electrons. The van der Waals surface area contributed by atoms with Gasteiger partial charge in [0.05, 0.1) is 29.8 Å². The highest BCUT2D eigenvalue weighted by Gasteiger charge is 2.29. The number of carbonyl (C=O) groups excluding carboxylic acids is 2. The fourth-order valence-corrected chi connectivity index (χ4v) is 3.58. The van der Waals surface area contributed by atoms with Crippen LogP contribution in [0.1, 0.15) is 26.3 Å². The van der Waals surface area contributed by atoms with Gasteiger partial charge in [-0.3, -0.25) is 4.79 Å². The Labute approximate surface area is 193 Å². The fraction of sp³-hybridized carbons (Fsp3) is 0.0833. The Balaban J connectivity index is 1.61. The van der Waals surface area contributed by atoms with E-state index in [0.29, 0.717) is 32.7 Å². The van der Waals surface area contributed by atoms with Crippen molar-refractivity contribution in [3.05, 3.63) is 87.1 Å². The maximum Gasteiger partial charge on any atom is 0.351 e. The molecular weight excluding hydrogens is 455 g/mol. The number of hydrogen-bond acceptors (Lipinski definition) is 6. The van der Waals surface area contributed by atoms with Crippen LogP contribution in [-0.2, 0) is 0 Å². The number of rotatable bonds is 5. The molecule has 0 saturated carbocycles. The van der Waals surface area contributed by atoms with Crippen molar-refractivity contribution < 1.29 is 28.5 Å². The molecule has 1 heterocycles. The highest BCUT2D eigenvalue weighted by molar-refractivity contribution is 6.43. The topological polar surface area (TPSA) is 71.1 Å². The van der Waals surface area contributed by atoms with E-state index in [1.807, 2.05) is 0 Å². The minimum atomic E-state index is -0.676. The van der Waals surface area contributed by atoms with Crippen molar-refractivity contribution in [1.82, 2.24) is 0 Å². The number of Topliss-reactive ketones (excluding diaryl/α,β-unsaturated/α-hetero) is 1. The summed E-state index contributed by atoms with van der Waals surface area (Å²) in [6.07, 6.45) is 1.52. The van der Waals surface area contributed by atoms with Gasteiger partial charge in [-0.05, 0) is 42.0 Å². The molecule has 0 aliphatic carbocycles. The molecule has 0 saturated heterocycles. The van der Waals surface area contributed by atoms with E-state index < -0.39 is 5.97 Å². The van der Waals surface area contributed by atoms with E-state index in [1.165, 1.54) is 38.5 Å². The fourth-order valence-electron chi connectivity index (χ4n) is 3.21. The minimum Gasteiger partial charge on any atom is -0.496 e. The molecule has 162 valence electrons. The van der Waals surface area contributed by atoms with Crippen LogP contribution in [0.4, 0.5) is 0 Å². The van der Waals surface area contributed by atoms with E-state index in [-0.39, 0.29) is 28.6 Å². The molecule has 6 nitrogen and oxygen atoms in total. The van der Waals surface area contributed by atoms with Gasteiger partial charge in [0, 0.05) is 6.07 Å². The smallest absolute Gasteiger partial charge is 0.351 e. The Morgan fingerprint density at radius 2 is 1.66 bits per heavy atom. The van der Waals surface area contributed by atoms with Gasteiger partial charge < -0.3 is 18.9 Å². The summed E-state index contributed by atoms with van der Waals surface area (Å²) in [7, 11) is 2.89. The second-order valence-electron chi connectivity index (χ2n) is 6.67. The minimum absolute atomic E-state index is 0.0824. The first-order valence-corrected chi connectivity index (χ1v) is 10.1. The predicted octanol–water partition coefficient (Wildman–Crippen LogP) is 5.85.